The molecule has 0 heterocycles. The number of ether oxygens (including phenoxy) is 1. The largest absolute Gasteiger partial charge is 0.412 e. The van der Waals surface area contributed by atoms with Gasteiger partial charge in [-0.1, -0.05) is 12.1 Å². The van der Waals surface area contributed by atoms with Crippen molar-refractivity contribution in [3.8, 4) is 11.8 Å². The van der Waals surface area contributed by atoms with Gasteiger partial charge in [0.1, 0.15) is 5.75 Å². The van der Waals surface area contributed by atoms with E-state index in [0.29, 0.717) is 12.2 Å². The van der Waals surface area contributed by atoms with Gasteiger partial charge in [0.05, 0.1) is 6.07 Å². The minimum absolute atomic E-state index is 0.486. The number of amides is 1. The normalized spacial score (nSPS) is 9.07. The van der Waals surface area contributed by atoms with Crippen LogP contribution < -0.4 is 10.1 Å². The van der Waals surface area contributed by atoms with Crippen molar-refractivity contribution in [2.24, 2.45) is 0 Å². The minimum Gasteiger partial charge on any atom is -0.410 e. The molecule has 0 saturated carbocycles. The highest BCUT2D eigenvalue weighted by Crippen LogP contribution is 2.13. The summed E-state index contributed by atoms with van der Waals surface area (Å²) in [5.74, 6) is 0.495. The van der Waals surface area contributed by atoms with Gasteiger partial charge in [0.25, 0.3) is 0 Å². The van der Waals surface area contributed by atoms with E-state index in [0.717, 1.165) is 12.0 Å². The maximum Gasteiger partial charge on any atom is 0.412 e. The van der Waals surface area contributed by atoms with Gasteiger partial charge in [0.15, 0.2) is 0 Å². The van der Waals surface area contributed by atoms with E-state index in [1.54, 1.807) is 12.1 Å². The molecule has 0 bridgehead atoms. The number of benzene rings is 1. The lowest BCUT2D eigenvalue weighted by molar-refractivity contribution is 0.203. The second-order valence-corrected chi connectivity index (χ2v) is 2.94. The Bertz CT molecular complexity index is 365. The molecule has 1 aromatic rings. The number of aryl methyl sites for hydroxylation is 1. The highest BCUT2D eigenvalue weighted by molar-refractivity contribution is 5.69. The van der Waals surface area contributed by atoms with Gasteiger partial charge in [0.2, 0.25) is 0 Å². The maximum absolute atomic E-state index is 10.9. The van der Waals surface area contributed by atoms with E-state index in [1.807, 2.05) is 12.1 Å². The van der Waals surface area contributed by atoms with Gasteiger partial charge in [-0.2, -0.15) is 5.26 Å². The molecule has 0 unspecified atom stereocenters. The fourth-order valence-electron chi connectivity index (χ4n) is 1.08. The summed E-state index contributed by atoms with van der Waals surface area (Å²) in [6, 6.07) is 9.18. The molecule has 0 fully saturated rings. The molecular formula is C11H12N2O2. The minimum atomic E-state index is -0.486. The molecule has 1 rings (SSSR count). The fourth-order valence-corrected chi connectivity index (χ4v) is 1.08. The first kappa shape index (κ1) is 11.1. The third kappa shape index (κ3) is 3.69. The molecule has 0 saturated heterocycles. The number of nitrogens with one attached hydrogen (secondary N) is 1. The van der Waals surface area contributed by atoms with Crippen LogP contribution in [0.15, 0.2) is 24.3 Å². The van der Waals surface area contributed by atoms with Gasteiger partial charge in [-0.3, -0.25) is 0 Å². The van der Waals surface area contributed by atoms with E-state index < -0.39 is 6.09 Å². The Labute approximate surface area is 88.5 Å². The quantitative estimate of drug-likeness (QED) is 0.817. The first-order valence-corrected chi connectivity index (χ1v) is 4.61. The van der Waals surface area contributed by atoms with E-state index in [2.05, 4.69) is 11.4 Å². The van der Waals surface area contributed by atoms with Gasteiger partial charge in [-0.15, -0.1) is 0 Å². The molecule has 1 amide bonds. The van der Waals surface area contributed by atoms with Crippen LogP contribution in [0.2, 0.25) is 0 Å². The highest BCUT2D eigenvalue weighted by atomic mass is 16.5. The lowest BCUT2D eigenvalue weighted by Gasteiger charge is -2.03. The highest BCUT2D eigenvalue weighted by Gasteiger charge is 2.00. The van der Waals surface area contributed by atoms with Crippen LogP contribution in [0.3, 0.4) is 0 Å². The number of nitriles is 1. The number of hydrogen-bond donors (Lipinski definition) is 1. The van der Waals surface area contributed by atoms with E-state index >= 15 is 0 Å². The molecule has 1 N–H and O–H groups in total. The van der Waals surface area contributed by atoms with Crippen molar-refractivity contribution >= 4 is 6.09 Å². The Hall–Kier alpha value is -2.02. The molecular weight excluding hydrogens is 192 g/mol. The molecule has 0 aliphatic rings. The zero-order valence-electron chi connectivity index (χ0n) is 8.49. The molecule has 0 radical (unpaired) electrons. The van der Waals surface area contributed by atoms with Crippen molar-refractivity contribution in [2.75, 3.05) is 7.05 Å². The summed E-state index contributed by atoms with van der Waals surface area (Å²) in [6.07, 6.45) is 0.728. The van der Waals surface area contributed by atoms with Crippen LogP contribution in [0, 0.1) is 11.3 Å². The smallest absolute Gasteiger partial charge is 0.410 e. The van der Waals surface area contributed by atoms with Crippen LogP contribution in [-0.4, -0.2) is 13.1 Å². The van der Waals surface area contributed by atoms with Gasteiger partial charge in [-0.25, -0.2) is 4.79 Å². The molecule has 1 aromatic carbocycles. The molecule has 0 aliphatic carbocycles. The van der Waals surface area contributed by atoms with Crippen LogP contribution in [-0.2, 0) is 6.42 Å². The van der Waals surface area contributed by atoms with Crippen molar-refractivity contribution in [3.05, 3.63) is 29.8 Å². The van der Waals surface area contributed by atoms with Gasteiger partial charge >= 0.3 is 6.09 Å². The summed E-state index contributed by atoms with van der Waals surface area (Å²) in [4.78, 5) is 10.9. The van der Waals surface area contributed by atoms with Crippen molar-refractivity contribution in [3.63, 3.8) is 0 Å². The second kappa shape index (κ2) is 5.66. The predicted molar refractivity (Wildman–Crippen MR) is 55.5 cm³/mol. The molecule has 0 atom stereocenters. The van der Waals surface area contributed by atoms with Gasteiger partial charge in [0, 0.05) is 13.5 Å². The van der Waals surface area contributed by atoms with Crippen LogP contribution in [0.4, 0.5) is 4.79 Å². The van der Waals surface area contributed by atoms with E-state index in [1.165, 1.54) is 7.05 Å². The van der Waals surface area contributed by atoms with Gasteiger partial charge < -0.3 is 10.1 Å². The third-order valence-electron chi connectivity index (χ3n) is 1.86. The van der Waals surface area contributed by atoms with Crippen molar-refractivity contribution in [2.45, 2.75) is 12.8 Å². The molecule has 15 heavy (non-hydrogen) atoms. The molecule has 0 aromatic heterocycles. The predicted octanol–water partition coefficient (Wildman–Crippen LogP) is 1.86. The number of nitrogens with zero attached hydrogens (tertiary/aromatic N) is 1. The van der Waals surface area contributed by atoms with Crippen molar-refractivity contribution in [1.82, 2.24) is 5.32 Å². The average Bonchev–Trinajstić information content (AvgIpc) is 2.28. The molecule has 78 valence electrons. The van der Waals surface area contributed by atoms with Gasteiger partial charge in [-0.05, 0) is 24.1 Å². The Morgan fingerprint density at radius 3 is 2.67 bits per heavy atom. The molecule has 4 nitrogen and oxygen atoms in total. The summed E-state index contributed by atoms with van der Waals surface area (Å²) in [5, 5.41) is 10.8. The van der Waals surface area contributed by atoms with Crippen LogP contribution in [0.25, 0.3) is 0 Å². The van der Waals surface area contributed by atoms with E-state index in [9.17, 15) is 4.79 Å². The Morgan fingerprint density at radius 1 is 1.47 bits per heavy atom. The monoisotopic (exact) mass is 204 g/mol. The van der Waals surface area contributed by atoms with E-state index in [-0.39, 0.29) is 0 Å². The summed E-state index contributed by atoms with van der Waals surface area (Å²) in [7, 11) is 1.50. The summed E-state index contributed by atoms with van der Waals surface area (Å²) in [6.45, 7) is 0. The lowest BCUT2D eigenvalue weighted by atomic mass is 10.1. The molecule has 4 heteroatoms. The van der Waals surface area contributed by atoms with Crippen molar-refractivity contribution in [1.29, 1.82) is 5.26 Å². The Kier molecular flexibility index (Phi) is 4.17. The maximum atomic E-state index is 10.9. The van der Waals surface area contributed by atoms with Crippen molar-refractivity contribution < 1.29 is 9.53 Å². The van der Waals surface area contributed by atoms with Crippen LogP contribution in [0.5, 0.6) is 5.75 Å². The average molecular weight is 204 g/mol. The number of carbonyl (C=O) groups is 1. The second-order valence-electron chi connectivity index (χ2n) is 2.94. The third-order valence-corrected chi connectivity index (χ3v) is 1.86. The number of rotatable bonds is 3. The SMILES string of the molecule is CNC(=O)Oc1ccc(CCC#N)cc1. The number of hydrogen-bond acceptors (Lipinski definition) is 3. The Balaban J connectivity index is 2.57. The van der Waals surface area contributed by atoms with Crippen LogP contribution >= 0.6 is 0 Å². The first-order chi connectivity index (χ1) is 7.26. The number of carbonyl (C=O) groups excluding carboxylic acids is 1. The van der Waals surface area contributed by atoms with Crippen LogP contribution in [0.1, 0.15) is 12.0 Å². The summed E-state index contributed by atoms with van der Waals surface area (Å²) >= 11 is 0. The summed E-state index contributed by atoms with van der Waals surface area (Å²) < 4.78 is 4.91. The topological polar surface area (TPSA) is 62.1 Å². The standard InChI is InChI=1S/C11H12N2O2/c1-13-11(14)15-10-6-4-9(5-7-10)3-2-8-12/h4-7H,2-3H2,1H3,(H,13,14). The molecule has 0 aliphatic heterocycles. The molecule has 0 spiro atoms. The zero-order chi connectivity index (χ0) is 11.1. The van der Waals surface area contributed by atoms with E-state index in [4.69, 9.17) is 10.00 Å². The fraction of sp³-hybridized carbons (Fsp3) is 0.273. The Morgan fingerprint density at radius 2 is 2.13 bits per heavy atom. The lowest BCUT2D eigenvalue weighted by Crippen LogP contribution is -2.21. The zero-order valence-corrected chi connectivity index (χ0v) is 8.49. The summed E-state index contributed by atoms with van der Waals surface area (Å²) in [5.41, 5.74) is 1.06. The first-order valence-electron chi connectivity index (χ1n) is 4.61.